The maximum absolute atomic E-state index is 6.15. The standard InChI is InChI=1S/C16H16IN3/c1-2-9-20-15-6-4-3-5-14(15)19-16(20)12-10-11(17)7-8-13(12)18/h3-8,10H,2,9,18H2,1H3. The van der Waals surface area contributed by atoms with Crippen LogP contribution in [0.15, 0.2) is 42.5 Å². The van der Waals surface area contributed by atoms with E-state index in [1.54, 1.807) is 0 Å². The molecule has 0 saturated heterocycles. The number of aryl methyl sites for hydroxylation is 1. The van der Waals surface area contributed by atoms with Gasteiger partial charge in [-0.25, -0.2) is 4.98 Å². The molecule has 0 bridgehead atoms. The summed E-state index contributed by atoms with van der Waals surface area (Å²) in [5.74, 6) is 0.962. The number of hydrogen-bond acceptors (Lipinski definition) is 2. The van der Waals surface area contributed by atoms with E-state index >= 15 is 0 Å². The van der Waals surface area contributed by atoms with Crippen LogP contribution in [0.1, 0.15) is 13.3 Å². The molecular formula is C16H16IN3. The number of nitrogens with zero attached hydrogens (tertiary/aromatic N) is 2. The highest BCUT2D eigenvalue weighted by Gasteiger charge is 2.14. The van der Waals surface area contributed by atoms with Gasteiger partial charge in [0.25, 0.3) is 0 Å². The van der Waals surface area contributed by atoms with Crippen molar-refractivity contribution in [3.8, 4) is 11.4 Å². The van der Waals surface area contributed by atoms with E-state index in [0.29, 0.717) is 0 Å². The lowest BCUT2D eigenvalue weighted by atomic mass is 10.1. The van der Waals surface area contributed by atoms with E-state index in [4.69, 9.17) is 10.7 Å². The first-order valence-electron chi connectivity index (χ1n) is 6.71. The molecule has 3 rings (SSSR count). The number of para-hydroxylation sites is 2. The van der Waals surface area contributed by atoms with Gasteiger partial charge in [-0.05, 0) is 59.3 Å². The zero-order chi connectivity index (χ0) is 14.1. The Bertz CT molecular complexity index is 762. The Balaban J connectivity index is 2.29. The summed E-state index contributed by atoms with van der Waals surface area (Å²) in [6, 6.07) is 14.3. The van der Waals surface area contributed by atoms with E-state index in [2.05, 4.69) is 58.3 Å². The topological polar surface area (TPSA) is 43.8 Å². The molecule has 0 aliphatic rings. The largest absolute Gasteiger partial charge is 0.398 e. The van der Waals surface area contributed by atoms with E-state index in [1.165, 1.54) is 9.09 Å². The number of fused-ring (bicyclic) bond motifs is 1. The van der Waals surface area contributed by atoms with Crippen LogP contribution >= 0.6 is 22.6 Å². The number of aromatic nitrogens is 2. The van der Waals surface area contributed by atoms with Gasteiger partial charge in [0.15, 0.2) is 0 Å². The van der Waals surface area contributed by atoms with Crippen molar-refractivity contribution in [1.29, 1.82) is 0 Å². The predicted octanol–water partition coefficient (Wildman–Crippen LogP) is 4.30. The Morgan fingerprint density at radius 2 is 2.00 bits per heavy atom. The lowest BCUT2D eigenvalue weighted by Gasteiger charge is -2.10. The molecule has 2 N–H and O–H groups in total. The van der Waals surface area contributed by atoms with Crippen LogP contribution in [-0.4, -0.2) is 9.55 Å². The van der Waals surface area contributed by atoms with Crippen molar-refractivity contribution in [1.82, 2.24) is 9.55 Å². The number of imidazole rings is 1. The summed E-state index contributed by atoms with van der Waals surface area (Å²) in [4.78, 5) is 4.78. The molecule has 0 spiro atoms. The number of hydrogen-bond donors (Lipinski definition) is 1. The lowest BCUT2D eigenvalue weighted by molar-refractivity contribution is 0.704. The molecular weight excluding hydrogens is 361 g/mol. The van der Waals surface area contributed by atoms with Crippen molar-refractivity contribution in [2.45, 2.75) is 19.9 Å². The Kier molecular flexibility index (Phi) is 3.65. The minimum Gasteiger partial charge on any atom is -0.398 e. The summed E-state index contributed by atoms with van der Waals surface area (Å²) in [6.07, 6.45) is 1.07. The minimum atomic E-state index is 0.776. The molecule has 1 aromatic heterocycles. The monoisotopic (exact) mass is 377 g/mol. The molecule has 2 aromatic carbocycles. The zero-order valence-corrected chi connectivity index (χ0v) is 13.5. The van der Waals surface area contributed by atoms with E-state index in [1.807, 2.05) is 18.2 Å². The van der Waals surface area contributed by atoms with Crippen LogP contribution in [0, 0.1) is 3.57 Å². The maximum Gasteiger partial charge on any atom is 0.143 e. The summed E-state index contributed by atoms with van der Waals surface area (Å²) in [7, 11) is 0. The molecule has 0 saturated carbocycles. The Morgan fingerprint density at radius 3 is 2.80 bits per heavy atom. The van der Waals surface area contributed by atoms with E-state index in [9.17, 15) is 0 Å². The molecule has 20 heavy (non-hydrogen) atoms. The molecule has 3 aromatic rings. The lowest BCUT2D eigenvalue weighted by Crippen LogP contribution is -2.02. The van der Waals surface area contributed by atoms with Crippen molar-refractivity contribution in [2.24, 2.45) is 0 Å². The smallest absolute Gasteiger partial charge is 0.143 e. The third-order valence-electron chi connectivity index (χ3n) is 3.36. The number of benzene rings is 2. The molecule has 3 nitrogen and oxygen atoms in total. The first kappa shape index (κ1) is 13.4. The molecule has 0 radical (unpaired) electrons. The molecule has 0 unspecified atom stereocenters. The fourth-order valence-electron chi connectivity index (χ4n) is 2.45. The maximum atomic E-state index is 6.15. The van der Waals surface area contributed by atoms with Crippen LogP contribution in [-0.2, 0) is 6.54 Å². The number of anilines is 1. The van der Waals surface area contributed by atoms with Crippen LogP contribution < -0.4 is 5.73 Å². The average molecular weight is 377 g/mol. The Labute approximate surface area is 132 Å². The highest BCUT2D eigenvalue weighted by atomic mass is 127. The van der Waals surface area contributed by atoms with Crippen LogP contribution in [0.2, 0.25) is 0 Å². The summed E-state index contributed by atoms with van der Waals surface area (Å²) in [5, 5.41) is 0. The van der Waals surface area contributed by atoms with Gasteiger partial charge in [-0.1, -0.05) is 19.1 Å². The number of rotatable bonds is 3. The molecule has 0 fully saturated rings. The first-order chi connectivity index (χ1) is 9.70. The molecule has 0 atom stereocenters. The molecule has 0 aliphatic carbocycles. The van der Waals surface area contributed by atoms with Crippen LogP contribution in [0.4, 0.5) is 5.69 Å². The second-order valence-electron chi connectivity index (χ2n) is 4.81. The summed E-state index contributed by atoms with van der Waals surface area (Å²) in [6.45, 7) is 3.12. The van der Waals surface area contributed by atoms with Gasteiger partial charge in [0.05, 0.1) is 11.0 Å². The predicted molar refractivity (Wildman–Crippen MR) is 92.6 cm³/mol. The summed E-state index contributed by atoms with van der Waals surface area (Å²) < 4.78 is 3.43. The zero-order valence-electron chi connectivity index (χ0n) is 11.3. The SMILES string of the molecule is CCCn1c(-c2cc(I)ccc2N)nc2ccccc21. The van der Waals surface area contributed by atoms with Gasteiger partial charge < -0.3 is 10.3 Å². The Morgan fingerprint density at radius 1 is 1.20 bits per heavy atom. The molecule has 0 amide bonds. The van der Waals surface area contributed by atoms with E-state index in [0.717, 1.165) is 35.6 Å². The van der Waals surface area contributed by atoms with Crippen molar-refractivity contribution in [2.75, 3.05) is 5.73 Å². The molecule has 4 heteroatoms. The van der Waals surface area contributed by atoms with Crippen molar-refractivity contribution in [3.63, 3.8) is 0 Å². The van der Waals surface area contributed by atoms with Gasteiger partial charge in [-0.15, -0.1) is 0 Å². The van der Waals surface area contributed by atoms with Crippen LogP contribution in [0.25, 0.3) is 22.4 Å². The second-order valence-corrected chi connectivity index (χ2v) is 6.05. The van der Waals surface area contributed by atoms with Crippen LogP contribution in [0.3, 0.4) is 0 Å². The fourth-order valence-corrected chi connectivity index (χ4v) is 2.94. The number of nitrogens with two attached hydrogens (primary N) is 1. The Hall–Kier alpha value is -1.56. The normalized spacial score (nSPS) is 11.1. The third-order valence-corrected chi connectivity index (χ3v) is 4.03. The molecule has 0 aliphatic heterocycles. The second kappa shape index (κ2) is 5.44. The van der Waals surface area contributed by atoms with Crippen molar-refractivity contribution in [3.05, 3.63) is 46.0 Å². The third kappa shape index (κ3) is 2.28. The van der Waals surface area contributed by atoms with Gasteiger partial charge in [-0.2, -0.15) is 0 Å². The average Bonchev–Trinajstić information content (AvgIpc) is 2.81. The van der Waals surface area contributed by atoms with Gasteiger partial charge in [0.1, 0.15) is 5.82 Å². The summed E-state index contributed by atoms with van der Waals surface area (Å²) in [5.41, 5.74) is 10.1. The van der Waals surface area contributed by atoms with Crippen molar-refractivity contribution >= 4 is 39.3 Å². The first-order valence-corrected chi connectivity index (χ1v) is 7.79. The van der Waals surface area contributed by atoms with E-state index in [-0.39, 0.29) is 0 Å². The van der Waals surface area contributed by atoms with Crippen molar-refractivity contribution < 1.29 is 0 Å². The number of nitrogen functional groups attached to an aromatic ring is 1. The fraction of sp³-hybridized carbons (Fsp3) is 0.188. The molecule has 102 valence electrons. The van der Waals surface area contributed by atoms with Gasteiger partial charge in [-0.3, -0.25) is 0 Å². The van der Waals surface area contributed by atoms with E-state index < -0.39 is 0 Å². The minimum absolute atomic E-state index is 0.776. The highest BCUT2D eigenvalue weighted by molar-refractivity contribution is 14.1. The highest BCUT2D eigenvalue weighted by Crippen LogP contribution is 2.30. The van der Waals surface area contributed by atoms with Gasteiger partial charge >= 0.3 is 0 Å². The quantitative estimate of drug-likeness (QED) is 0.546. The van der Waals surface area contributed by atoms with Crippen LogP contribution in [0.5, 0.6) is 0 Å². The van der Waals surface area contributed by atoms with Gasteiger partial charge in [0, 0.05) is 21.4 Å². The summed E-state index contributed by atoms with van der Waals surface area (Å²) >= 11 is 2.31. The van der Waals surface area contributed by atoms with Gasteiger partial charge in [0.2, 0.25) is 0 Å². The number of halogens is 1. The molecule has 1 heterocycles.